The van der Waals surface area contributed by atoms with Crippen molar-refractivity contribution in [3.05, 3.63) is 53.9 Å². The molecule has 0 aliphatic rings. The zero-order valence-corrected chi connectivity index (χ0v) is 15.2. The number of nitrogens with two attached hydrogens (primary N) is 1. The van der Waals surface area contributed by atoms with Crippen molar-refractivity contribution in [2.75, 3.05) is 27.4 Å². The molecule has 4 N–H and O–H groups in total. The van der Waals surface area contributed by atoms with E-state index in [1.807, 2.05) is 36.4 Å². The summed E-state index contributed by atoms with van der Waals surface area (Å²) in [6.45, 7) is 0.990. The Hall–Kier alpha value is -2.80. The first-order chi connectivity index (χ1) is 12.7. The molecule has 0 saturated carbocycles. The molecule has 1 heterocycles. The first kappa shape index (κ1) is 19.5. The Morgan fingerprint density at radius 2 is 2.04 bits per heavy atom. The standard InChI is InChI=1S/C19H26N4O3/c1-25-17-7-6-14(10-18(17)26-2)11-22-19(20)23-12-15(13-24)9-16-5-3-4-8-21-16/h3-8,10,15,24H,9,11-13H2,1-2H3,(H3,20,22,23). The van der Waals surface area contributed by atoms with E-state index < -0.39 is 0 Å². The average Bonchev–Trinajstić information content (AvgIpc) is 2.69. The molecule has 0 aliphatic heterocycles. The highest BCUT2D eigenvalue weighted by Crippen LogP contribution is 2.27. The minimum atomic E-state index is 0.0136. The van der Waals surface area contributed by atoms with Crippen molar-refractivity contribution in [3.8, 4) is 11.5 Å². The molecular formula is C19H26N4O3. The fourth-order valence-corrected chi connectivity index (χ4v) is 2.48. The van der Waals surface area contributed by atoms with Crippen LogP contribution in [-0.4, -0.2) is 43.4 Å². The molecule has 140 valence electrons. The number of methoxy groups -OCH3 is 2. The Labute approximate surface area is 153 Å². The van der Waals surface area contributed by atoms with Gasteiger partial charge in [0.1, 0.15) is 0 Å². The SMILES string of the molecule is COc1ccc(CN=C(N)NCC(CO)Cc2ccccn2)cc1OC. The summed E-state index contributed by atoms with van der Waals surface area (Å²) >= 11 is 0. The molecule has 7 nitrogen and oxygen atoms in total. The number of ether oxygens (including phenoxy) is 2. The van der Waals surface area contributed by atoms with Gasteiger partial charge in [0.25, 0.3) is 0 Å². The number of aliphatic hydroxyl groups is 1. The van der Waals surface area contributed by atoms with Gasteiger partial charge in [-0.25, -0.2) is 4.99 Å². The van der Waals surface area contributed by atoms with Crippen molar-refractivity contribution >= 4 is 5.96 Å². The van der Waals surface area contributed by atoms with Gasteiger partial charge in [-0.2, -0.15) is 0 Å². The largest absolute Gasteiger partial charge is 0.493 e. The molecule has 0 radical (unpaired) electrons. The van der Waals surface area contributed by atoms with Gasteiger partial charge in [-0.1, -0.05) is 12.1 Å². The van der Waals surface area contributed by atoms with Gasteiger partial charge in [0.2, 0.25) is 0 Å². The number of pyridine rings is 1. The van der Waals surface area contributed by atoms with Crippen LogP contribution < -0.4 is 20.5 Å². The molecule has 0 bridgehead atoms. The molecule has 1 aromatic heterocycles. The summed E-state index contributed by atoms with van der Waals surface area (Å²) in [6.07, 6.45) is 2.42. The Bertz CT molecular complexity index is 707. The maximum Gasteiger partial charge on any atom is 0.188 e. The van der Waals surface area contributed by atoms with Gasteiger partial charge in [-0.05, 0) is 36.2 Å². The first-order valence-corrected chi connectivity index (χ1v) is 8.41. The monoisotopic (exact) mass is 358 g/mol. The van der Waals surface area contributed by atoms with Gasteiger partial charge in [0.05, 0.1) is 20.8 Å². The number of aliphatic hydroxyl groups excluding tert-OH is 1. The third-order valence-corrected chi connectivity index (χ3v) is 3.93. The van der Waals surface area contributed by atoms with E-state index in [4.69, 9.17) is 15.2 Å². The number of aromatic nitrogens is 1. The van der Waals surface area contributed by atoms with Crippen LogP contribution in [-0.2, 0) is 13.0 Å². The van der Waals surface area contributed by atoms with Gasteiger partial charge < -0.3 is 25.6 Å². The Morgan fingerprint density at radius 3 is 2.69 bits per heavy atom. The zero-order valence-electron chi connectivity index (χ0n) is 15.2. The second kappa shape index (κ2) is 10.2. The topological polar surface area (TPSA) is 102 Å². The van der Waals surface area contributed by atoms with Gasteiger partial charge in [0.15, 0.2) is 17.5 Å². The molecule has 1 aromatic carbocycles. The van der Waals surface area contributed by atoms with Crippen LogP contribution in [0.5, 0.6) is 11.5 Å². The van der Waals surface area contributed by atoms with E-state index >= 15 is 0 Å². The van der Waals surface area contributed by atoms with Crippen molar-refractivity contribution in [1.82, 2.24) is 10.3 Å². The van der Waals surface area contributed by atoms with Crippen LogP contribution in [0.25, 0.3) is 0 Å². The lowest BCUT2D eigenvalue weighted by Crippen LogP contribution is -2.37. The molecule has 2 aromatic rings. The minimum absolute atomic E-state index is 0.0136. The molecule has 1 unspecified atom stereocenters. The van der Waals surface area contributed by atoms with Crippen molar-refractivity contribution in [1.29, 1.82) is 0 Å². The molecule has 0 fully saturated rings. The van der Waals surface area contributed by atoms with Gasteiger partial charge in [-0.15, -0.1) is 0 Å². The van der Waals surface area contributed by atoms with E-state index in [1.54, 1.807) is 20.4 Å². The maximum atomic E-state index is 9.54. The highest BCUT2D eigenvalue weighted by Gasteiger charge is 2.10. The highest BCUT2D eigenvalue weighted by molar-refractivity contribution is 5.77. The molecule has 0 saturated heterocycles. The van der Waals surface area contributed by atoms with Gasteiger partial charge in [-0.3, -0.25) is 4.98 Å². The molecule has 0 aliphatic carbocycles. The lowest BCUT2D eigenvalue weighted by molar-refractivity contribution is 0.225. The normalized spacial score (nSPS) is 12.5. The van der Waals surface area contributed by atoms with Crippen LogP contribution >= 0.6 is 0 Å². The predicted octanol–water partition coefficient (Wildman–Crippen LogP) is 1.35. The number of hydrogen-bond donors (Lipinski definition) is 3. The van der Waals surface area contributed by atoms with E-state index in [-0.39, 0.29) is 12.5 Å². The summed E-state index contributed by atoms with van der Waals surface area (Å²) in [5.74, 6) is 1.67. The smallest absolute Gasteiger partial charge is 0.188 e. The average molecular weight is 358 g/mol. The van der Waals surface area contributed by atoms with Crippen LogP contribution in [0.3, 0.4) is 0 Å². The van der Waals surface area contributed by atoms with Crippen LogP contribution in [0.4, 0.5) is 0 Å². The second-order valence-electron chi connectivity index (χ2n) is 5.85. The van der Waals surface area contributed by atoms with Crippen LogP contribution in [0, 0.1) is 5.92 Å². The summed E-state index contributed by atoms with van der Waals surface area (Å²) < 4.78 is 10.5. The molecule has 0 amide bonds. The Kier molecular flexibility index (Phi) is 7.70. The lowest BCUT2D eigenvalue weighted by Gasteiger charge is -2.15. The van der Waals surface area contributed by atoms with Crippen molar-refractivity contribution in [3.63, 3.8) is 0 Å². The second-order valence-corrected chi connectivity index (χ2v) is 5.85. The van der Waals surface area contributed by atoms with E-state index in [1.165, 1.54) is 0 Å². The maximum absolute atomic E-state index is 9.54. The number of guanidine groups is 1. The van der Waals surface area contributed by atoms with Gasteiger partial charge >= 0.3 is 0 Å². The molecule has 1 atom stereocenters. The molecule has 0 spiro atoms. The fraction of sp³-hybridized carbons (Fsp3) is 0.368. The number of rotatable bonds is 9. The summed E-state index contributed by atoms with van der Waals surface area (Å²) in [5, 5.41) is 12.6. The van der Waals surface area contributed by atoms with E-state index in [0.29, 0.717) is 37.0 Å². The predicted molar refractivity (Wildman–Crippen MR) is 101 cm³/mol. The highest BCUT2D eigenvalue weighted by atomic mass is 16.5. The summed E-state index contributed by atoms with van der Waals surface area (Å²) in [4.78, 5) is 8.61. The number of nitrogens with zero attached hydrogens (tertiary/aromatic N) is 2. The number of hydrogen-bond acceptors (Lipinski definition) is 5. The quantitative estimate of drug-likeness (QED) is 0.462. The Morgan fingerprint density at radius 1 is 1.23 bits per heavy atom. The summed E-state index contributed by atoms with van der Waals surface area (Å²) in [7, 11) is 3.19. The van der Waals surface area contributed by atoms with E-state index in [0.717, 1.165) is 11.3 Å². The first-order valence-electron chi connectivity index (χ1n) is 8.41. The molecule has 7 heteroatoms. The van der Waals surface area contributed by atoms with Crippen LogP contribution in [0.1, 0.15) is 11.3 Å². The van der Waals surface area contributed by atoms with Crippen LogP contribution in [0.2, 0.25) is 0 Å². The molecule has 26 heavy (non-hydrogen) atoms. The lowest BCUT2D eigenvalue weighted by atomic mass is 10.0. The van der Waals surface area contributed by atoms with Crippen molar-refractivity contribution in [2.45, 2.75) is 13.0 Å². The van der Waals surface area contributed by atoms with E-state index in [9.17, 15) is 5.11 Å². The summed E-state index contributed by atoms with van der Waals surface area (Å²) in [5.41, 5.74) is 7.83. The number of nitrogens with one attached hydrogen (secondary N) is 1. The number of benzene rings is 1. The van der Waals surface area contributed by atoms with Crippen molar-refractivity contribution < 1.29 is 14.6 Å². The Balaban J connectivity index is 1.87. The third-order valence-electron chi connectivity index (χ3n) is 3.93. The minimum Gasteiger partial charge on any atom is -0.493 e. The number of aliphatic imine (C=N–C) groups is 1. The fourth-order valence-electron chi connectivity index (χ4n) is 2.48. The van der Waals surface area contributed by atoms with Gasteiger partial charge in [0, 0.05) is 31.0 Å². The third kappa shape index (κ3) is 5.93. The summed E-state index contributed by atoms with van der Waals surface area (Å²) in [6, 6.07) is 11.4. The van der Waals surface area contributed by atoms with E-state index in [2.05, 4.69) is 15.3 Å². The van der Waals surface area contributed by atoms with Crippen LogP contribution in [0.15, 0.2) is 47.6 Å². The molecular weight excluding hydrogens is 332 g/mol. The molecule has 2 rings (SSSR count). The van der Waals surface area contributed by atoms with Crippen molar-refractivity contribution in [2.24, 2.45) is 16.6 Å². The zero-order chi connectivity index (χ0) is 18.8.